The molecule has 3 aromatic carbocycles. The average molecular weight is 663 g/mol. The van der Waals surface area contributed by atoms with E-state index in [4.69, 9.17) is 21.1 Å². The molecule has 0 saturated carbocycles. The smallest absolute Gasteiger partial charge is 0.329 e. The molecular weight excluding hydrogens is 635 g/mol. The van der Waals surface area contributed by atoms with Gasteiger partial charge in [0.25, 0.3) is 5.91 Å². The summed E-state index contributed by atoms with van der Waals surface area (Å²) in [7, 11) is 0. The minimum Gasteiger partial charge on any atom is -0.490 e. The van der Waals surface area contributed by atoms with Gasteiger partial charge >= 0.3 is 11.8 Å². The molecule has 0 radical (unpaired) electrons. The number of carbonyl (C=O) groups is 3. The van der Waals surface area contributed by atoms with Gasteiger partial charge in [-0.05, 0) is 84.3 Å². The van der Waals surface area contributed by atoms with Gasteiger partial charge in [0.15, 0.2) is 18.1 Å². The molecule has 0 saturated heterocycles. The Bertz CT molecular complexity index is 1380. The van der Waals surface area contributed by atoms with Gasteiger partial charge in [-0.3, -0.25) is 14.4 Å². The molecule has 3 amide bonds. The minimum absolute atomic E-state index is 0.227. The fourth-order valence-electron chi connectivity index (χ4n) is 3.30. The number of nitrogens with zero attached hydrogens (tertiary/aromatic N) is 1. The van der Waals surface area contributed by atoms with Crippen molar-refractivity contribution in [1.82, 2.24) is 10.7 Å². The van der Waals surface area contributed by atoms with Crippen LogP contribution in [0.2, 0.25) is 5.02 Å². The monoisotopic (exact) mass is 662 g/mol. The lowest BCUT2D eigenvalue weighted by molar-refractivity contribution is -0.139. The van der Waals surface area contributed by atoms with E-state index in [1.54, 1.807) is 24.3 Å². The van der Waals surface area contributed by atoms with E-state index in [-0.39, 0.29) is 19.1 Å². The van der Waals surface area contributed by atoms with Crippen molar-refractivity contribution in [2.75, 3.05) is 18.5 Å². The third-order valence-electron chi connectivity index (χ3n) is 5.31. The number of hydrazone groups is 1. The first kappa shape index (κ1) is 29.9. The third-order valence-corrected chi connectivity index (χ3v) is 6.35. The Kier molecular flexibility index (Phi) is 11.1. The maximum absolute atomic E-state index is 12.5. The number of rotatable bonds is 10. The zero-order valence-electron chi connectivity index (χ0n) is 21.6. The number of ether oxygens (including phenoxy) is 2. The van der Waals surface area contributed by atoms with Crippen molar-refractivity contribution in [1.29, 1.82) is 0 Å². The van der Waals surface area contributed by atoms with Gasteiger partial charge in [-0.25, -0.2) is 5.43 Å². The fourth-order valence-corrected chi connectivity index (χ4v) is 4.26. The summed E-state index contributed by atoms with van der Waals surface area (Å²) >= 11 is 8.08. The molecule has 0 aromatic heterocycles. The molecule has 0 heterocycles. The zero-order valence-corrected chi connectivity index (χ0v) is 24.6. The molecule has 0 atom stereocenters. The molecule has 0 aliphatic heterocycles. The quantitative estimate of drug-likeness (QED) is 0.126. The SMILES string of the molecule is CCOc1cc(/C=N\NC(=O)C(=O)NCc2ccc(C)cc2)cc(I)c1OCC(=O)Nc1cc(Cl)ccc1C. The number of aryl methyl sites for hydroxylation is 2. The van der Waals surface area contributed by atoms with Gasteiger partial charge in [-0.2, -0.15) is 5.10 Å². The van der Waals surface area contributed by atoms with Gasteiger partial charge < -0.3 is 20.1 Å². The maximum atomic E-state index is 12.5. The number of anilines is 1. The molecule has 0 bridgehead atoms. The Morgan fingerprint density at radius 1 is 1.00 bits per heavy atom. The number of nitrogens with one attached hydrogen (secondary N) is 3. The molecule has 0 fully saturated rings. The van der Waals surface area contributed by atoms with Crippen molar-refractivity contribution in [3.8, 4) is 11.5 Å². The van der Waals surface area contributed by atoms with Crippen LogP contribution in [0.1, 0.15) is 29.2 Å². The van der Waals surface area contributed by atoms with E-state index in [1.807, 2.05) is 51.1 Å². The fraction of sp³-hybridized carbons (Fsp3) is 0.214. The van der Waals surface area contributed by atoms with Gasteiger partial charge in [0, 0.05) is 17.3 Å². The number of halogens is 2. The number of hydrogen-bond acceptors (Lipinski definition) is 6. The summed E-state index contributed by atoms with van der Waals surface area (Å²) in [6, 6.07) is 16.2. The van der Waals surface area contributed by atoms with E-state index < -0.39 is 11.8 Å². The van der Waals surface area contributed by atoms with E-state index in [9.17, 15) is 14.4 Å². The summed E-state index contributed by atoms with van der Waals surface area (Å²) in [5.74, 6) is -1.24. The van der Waals surface area contributed by atoms with Gasteiger partial charge in [0.05, 0.1) is 16.4 Å². The Morgan fingerprint density at radius 3 is 2.46 bits per heavy atom. The molecule has 0 unspecified atom stereocenters. The number of hydrogen-bond donors (Lipinski definition) is 3. The van der Waals surface area contributed by atoms with Crippen molar-refractivity contribution in [2.45, 2.75) is 27.3 Å². The zero-order chi connectivity index (χ0) is 28.4. The standard InChI is InChI=1S/C28H28ClIN4O5/c1-4-38-24-12-20(15-32-34-28(37)27(36)31-14-19-8-5-17(2)6-9-19)11-22(30)26(24)39-16-25(35)33-23-13-21(29)10-7-18(23)3/h5-13,15H,4,14,16H2,1-3H3,(H,31,36)(H,33,35)(H,34,37)/b32-15-. The van der Waals surface area contributed by atoms with Crippen LogP contribution in [0, 0.1) is 17.4 Å². The molecule has 3 N–H and O–H groups in total. The Morgan fingerprint density at radius 2 is 1.74 bits per heavy atom. The van der Waals surface area contributed by atoms with Crippen LogP contribution in [0.3, 0.4) is 0 Å². The lowest BCUT2D eigenvalue weighted by Crippen LogP contribution is -2.37. The van der Waals surface area contributed by atoms with Crippen LogP contribution in [0.15, 0.2) is 59.7 Å². The molecule has 3 rings (SSSR count). The van der Waals surface area contributed by atoms with E-state index in [2.05, 4.69) is 43.8 Å². The first-order chi connectivity index (χ1) is 18.7. The lowest BCUT2D eigenvalue weighted by atomic mass is 10.1. The highest BCUT2D eigenvalue weighted by molar-refractivity contribution is 14.1. The predicted octanol–water partition coefficient (Wildman–Crippen LogP) is 4.74. The van der Waals surface area contributed by atoms with Gasteiger partial charge in [-0.15, -0.1) is 0 Å². The average Bonchev–Trinajstić information content (AvgIpc) is 2.90. The van der Waals surface area contributed by atoms with Crippen LogP contribution in [-0.2, 0) is 20.9 Å². The van der Waals surface area contributed by atoms with Crippen molar-refractivity contribution in [3.05, 3.63) is 85.4 Å². The van der Waals surface area contributed by atoms with Gasteiger partial charge in [0.1, 0.15) is 0 Å². The largest absolute Gasteiger partial charge is 0.490 e. The number of amides is 3. The summed E-state index contributed by atoms with van der Waals surface area (Å²) in [5, 5.41) is 9.73. The molecule has 204 valence electrons. The summed E-state index contributed by atoms with van der Waals surface area (Å²) in [6.07, 6.45) is 1.38. The minimum atomic E-state index is -0.890. The highest BCUT2D eigenvalue weighted by atomic mass is 127. The molecule has 39 heavy (non-hydrogen) atoms. The maximum Gasteiger partial charge on any atom is 0.329 e. The molecule has 0 aliphatic carbocycles. The highest BCUT2D eigenvalue weighted by Crippen LogP contribution is 2.34. The van der Waals surface area contributed by atoms with Crippen LogP contribution in [0.5, 0.6) is 11.5 Å². The second-order valence-electron chi connectivity index (χ2n) is 8.43. The molecule has 11 heteroatoms. The summed E-state index contributed by atoms with van der Waals surface area (Å²) in [6.45, 7) is 5.99. The summed E-state index contributed by atoms with van der Waals surface area (Å²) in [5.41, 5.74) is 6.27. The molecular formula is C28H28ClIN4O5. The van der Waals surface area contributed by atoms with Crippen molar-refractivity contribution < 1.29 is 23.9 Å². The summed E-state index contributed by atoms with van der Waals surface area (Å²) in [4.78, 5) is 36.6. The predicted molar refractivity (Wildman–Crippen MR) is 159 cm³/mol. The summed E-state index contributed by atoms with van der Waals surface area (Å²) < 4.78 is 12.1. The highest BCUT2D eigenvalue weighted by Gasteiger charge is 2.15. The van der Waals surface area contributed by atoms with E-state index in [0.29, 0.717) is 37.9 Å². The molecule has 9 nitrogen and oxygen atoms in total. The van der Waals surface area contributed by atoms with Crippen LogP contribution in [-0.4, -0.2) is 37.1 Å². The third kappa shape index (κ3) is 9.25. The van der Waals surface area contributed by atoms with Crippen molar-refractivity contribution in [3.63, 3.8) is 0 Å². The second kappa shape index (κ2) is 14.5. The topological polar surface area (TPSA) is 118 Å². The van der Waals surface area contributed by atoms with Crippen LogP contribution in [0.25, 0.3) is 0 Å². The Labute approximate surface area is 245 Å². The van der Waals surface area contributed by atoms with Crippen LogP contribution in [0.4, 0.5) is 5.69 Å². The normalized spacial score (nSPS) is 10.7. The number of carbonyl (C=O) groups excluding carboxylic acids is 3. The van der Waals surface area contributed by atoms with Crippen LogP contribution >= 0.6 is 34.2 Å². The first-order valence-corrected chi connectivity index (χ1v) is 13.4. The van der Waals surface area contributed by atoms with E-state index in [0.717, 1.165) is 16.7 Å². The lowest BCUT2D eigenvalue weighted by Gasteiger charge is -2.15. The van der Waals surface area contributed by atoms with Crippen molar-refractivity contribution in [2.24, 2.45) is 5.10 Å². The Balaban J connectivity index is 1.58. The van der Waals surface area contributed by atoms with Gasteiger partial charge in [0.2, 0.25) is 0 Å². The first-order valence-electron chi connectivity index (χ1n) is 12.0. The molecule has 0 aliphatic rings. The van der Waals surface area contributed by atoms with Gasteiger partial charge in [-0.1, -0.05) is 47.5 Å². The second-order valence-corrected chi connectivity index (χ2v) is 10.0. The number of benzene rings is 3. The van der Waals surface area contributed by atoms with Crippen LogP contribution < -0.4 is 25.5 Å². The van der Waals surface area contributed by atoms with E-state index in [1.165, 1.54) is 6.21 Å². The van der Waals surface area contributed by atoms with E-state index >= 15 is 0 Å². The molecule has 0 spiro atoms. The molecule has 3 aromatic rings. The Hall–Kier alpha value is -3.64. The van der Waals surface area contributed by atoms with Crippen molar-refractivity contribution >= 4 is 63.8 Å².